The van der Waals surface area contributed by atoms with Crippen molar-refractivity contribution in [1.82, 2.24) is 10.6 Å². The Morgan fingerprint density at radius 1 is 1.03 bits per heavy atom. The molecular formula is C24H23ClN4O2. The van der Waals surface area contributed by atoms with Gasteiger partial charge < -0.3 is 21.7 Å². The Labute approximate surface area is 185 Å². The summed E-state index contributed by atoms with van der Waals surface area (Å²) in [6, 6.07) is 19.8. The second-order valence-electron chi connectivity index (χ2n) is 7.46. The number of rotatable bonds is 5. The molecule has 31 heavy (non-hydrogen) atoms. The lowest BCUT2D eigenvalue weighted by Crippen LogP contribution is -2.37. The Morgan fingerprint density at radius 2 is 1.81 bits per heavy atom. The smallest absolute Gasteiger partial charge is 0.315 e. The van der Waals surface area contributed by atoms with Crippen molar-refractivity contribution in [2.75, 3.05) is 11.1 Å². The molecule has 1 unspecified atom stereocenters. The maximum Gasteiger partial charge on any atom is 0.315 e. The molecule has 1 aliphatic rings. The SMILES string of the molecule is Nc1ccccc1NC(=O)c1ccc2c(c1)CCC2NC(=O)NCc1ccccc1Cl. The second-order valence-corrected chi connectivity index (χ2v) is 7.87. The fourth-order valence-electron chi connectivity index (χ4n) is 3.74. The minimum Gasteiger partial charge on any atom is -0.397 e. The summed E-state index contributed by atoms with van der Waals surface area (Å²) in [5.74, 6) is -0.213. The lowest BCUT2D eigenvalue weighted by molar-refractivity contribution is 0.102. The molecule has 0 saturated heterocycles. The first-order chi connectivity index (χ1) is 15.0. The predicted octanol–water partition coefficient (Wildman–Crippen LogP) is 4.66. The Morgan fingerprint density at radius 3 is 2.61 bits per heavy atom. The molecule has 0 fully saturated rings. The van der Waals surface area contributed by atoms with E-state index in [1.165, 1.54) is 0 Å². The summed E-state index contributed by atoms with van der Waals surface area (Å²) in [6.45, 7) is 0.354. The number of carbonyl (C=O) groups excluding carboxylic acids is 2. The van der Waals surface area contributed by atoms with Crippen LogP contribution in [0.15, 0.2) is 66.7 Å². The average molecular weight is 435 g/mol. The maximum atomic E-state index is 12.6. The number of fused-ring (bicyclic) bond motifs is 1. The average Bonchev–Trinajstić information content (AvgIpc) is 3.16. The molecule has 1 atom stereocenters. The van der Waals surface area contributed by atoms with Gasteiger partial charge in [0.2, 0.25) is 0 Å². The Hall–Kier alpha value is -3.51. The largest absolute Gasteiger partial charge is 0.397 e. The quantitative estimate of drug-likeness (QED) is 0.439. The fraction of sp³-hybridized carbons (Fsp3) is 0.167. The molecule has 5 N–H and O–H groups in total. The predicted molar refractivity (Wildman–Crippen MR) is 123 cm³/mol. The molecule has 6 nitrogen and oxygen atoms in total. The summed E-state index contributed by atoms with van der Waals surface area (Å²) >= 11 is 6.13. The molecule has 0 heterocycles. The van der Waals surface area contributed by atoms with Gasteiger partial charge in [-0.3, -0.25) is 4.79 Å². The molecule has 4 rings (SSSR count). The van der Waals surface area contributed by atoms with Crippen molar-refractivity contribution in [3.63, 3.8) is 0 Å². The third-order valence-electron chi connectivity index (χ3n) is 5.39. The topological polar surface area (TPSA) is 96.2 Å². The Bertz CT molecular complexity index is 1130. The first-order valence-electron chi connectivity index (χ1n) is 10.1. The number of anilines is 2. The molecule has 0 aromatic heterocycles. The van der Waals surface area contributed by atoms with Crippen LogP contribution in [0, 0.1) is 0 Å². The number of benzene rings is 3. The van der Waals surface area contributed by atoms with Crippen LogP contribution in [0.25, 0.3) is 0 Å². The minimum absolute atomic E-state index is 0.0943. The van der Waals surface area contributed by atoms with Gasteiger partial charge in [-0.05, 0) is 59.9 Å². The van der Waals surface area contributed by atoms with Gasteiger partial charge in [-0.25, -0.2) is 4.79 Å². The molecule has 158 valence electrons. The zero-order chi connectivity index (χ0) is 21.8. The van der Waals surface area contributed by atoms with E-state index in [-0.39, 0.29) is 18.0 Å². The van der Waals surface area contributed by atoms with Crippen LogP contribution in [0.3, 0.4) is 0 Å². The number of hydrogen-bond acceptors (Lipinski definition) is 3. The lowest BCUT2D eigenvalue weighted by Gasteiger charge is -2.16. The number of hydrogen-bond donors (Lipinski definition) is 4. The normalized spacial score (nSPS) is 14.5. The molecule has 7 heteroatoms. The van der Waals surface area contributed by atoms with Crippen molar-refractivity contribution in [2.45, 2.75) is 25.4 Å². The Balaban J connectivity index is 1.38. The van der Waals surface area contributed by atoms with Crippen LogP contribution in [-0.2, 0) is 13.0 Å². The third-order valence-corrected chi connectivity index (χ3v) is 5.76. The lowest BCUT2D eigenvalue weighted by atomic mass is 10.0. The molecule has 1 aliphatic carbocycles. The summed E-state index contributed by atoms with van der Waals surface area (Å²) in [6.07, 6.45) is 1.57. The number of halogens is 1. The molecule has 3 aromatic rings. The van der Waals surface area contributed by atoms with Gasteiger partial charge in [0.1, 0.15) is 0 Å². The highest BCUT2D eigenvalue weighted by atomic mass is 35.5. The van der Waals surface area contributed by atoms with Crippen molar-refractivity contribution in [2.24, 2.45) is 0 Å². The van der Waals surface area contributed by atoms with Crippen LogP contribution in [0.1, 0.15) is 39.5 Å². The van der Waals surface area contributed by atoms with Crippen LogP contribution < -0.4 is 21.7 Å². The van der Waals surface area contributed by atoms with Gasteiger partial charge >= 0.3 is 6.03 Å². The van der Waals surface area contributed by atoms with Crippen LogP contribution >= 0.6 is 11.6 Å². The van der Waals surface area contributed by atoms with E-state index < -0.39 is 0 Å². The number of carbonyl (C=O) groups is 2. The van der Waals surface area contributed by atoms with Crippen LogP contribution in [0.5, 0.6) is 0 Å². The van der Waals surface area contributed by atoms with Crippen LogP contribution in [-0.4, -0.2) is 11.9 Å². The van der Waals surface area contributed by atoms with Gasteiger partial charge in [-0.15, -0.1) is 0 Å². The number of nitrogens with one attached hydrogen (secondary N) is 3. The molecular weight excluding hydrogens is 412 g/mol. The minimum atomic E-state index is -0.251. The molecule has 0 saturated carbocycles. The van der Waals surface area contributed by atoms with Crippen molar-refractivity contribution >= 4 is 34.9 Å². The van der Waals surface area contributed by atoms with E-state index >= 15 is 0 Å². The van der Waals surface area contributed by atoms with Gasteiger partial charge in [-0.1, -0.05) is 48.0 Å². The Kier molecular flexibility index (Phi) is 6.09. The summed E-state index contributed by atoms with van der Waals surface area (Å²) < 4.78 is 0. The second kappa shape index (κ2) is 9.10. The van der Waals surface area contributed by atoms with Crippen molar-refractivity contribution in [3.8, 4) is 0 Å². The van der Waals surface area contributed by atoms with E-state index in [1.54, 1.807) is 24.3 Å². The summed E-state index contributed by atoms with van der Waals surface area (Å²) in [5, 5.41) is 9.33. The number of nitrogens with two attached hydrogens (primary N) is 1. The van der Waals surface area contributed by atoms with E-state index in [0.29, 0.717) is 28.5 Å². The van der Waals surface area contributed by atoms with Crippen molar-refractivity contribution in [1.29, 1.82) is 0 Å². The van der Waals surface area contributed by atoms with Gasteiger partial charge in [0.15, 0.2) is 0 Å². The zero-order valence-corrected chi connectivity index (χ0v) is 17.6. The molecule has 3 amide bonds. The van der Waals surface area contributed by atoms with E-state index in [1.807, 2.05) is 42.5 Å². The number of urea groups is 1. The molecule has 0 radical (unpaired) electrons. The number of amides is 3. The summed E-state index contributed by atoms with van der Waals surface area (Å²) in [5.41, 5.74) is 10.5. The van der Waals surface area contributed by atoms with Crippen molar-refractivity contribution < 1.29 is 9.59 Å². The van der Waals surface area contributed by atoms with Gasteiger partial charge in [0.25, 0.3) is 5.91 Å². The third kappa shape index (κ3) is 4.81. The monoisotopic (exact) mass is 434 g/mol. The number of aryl methyl sites for hydroxylation is 1. The first kappa shape index (κ1) is 20.8. The van der Waals surface area contributed by atoms with Crippen molar-refractivity contribution in [3.05, 3.63) is 94.0 Å². The molecule has 0 aliphatic heterocycles. The fourth-order valence-corrected chi connectivity index (χ4v) is 3.94. The van der Waals surface area contributed by atoms with Crippen LogP contribution in [0.4, 0.5) is 16.2 Å². The van der Waals surface area contributed by atoms with Crippen LogP contribution in [0.2, 0.25) is 5.02 Å². The van der Waals surface area contributed by atoms with E-state index in [0.717, 1.165) is 29.5 Å². The summed E-state index contributed by atoms with van der Waals surface area (Å²) in [7, 11) is 0. The van der Waals surface area contributed by atoms with E-state index in [4.69, 9.17) is 17.3 Å². The van der Waals surface area contributed by atoms with E-state index in [2.05, 4.69) is 16.0 Å². The van der Waals surface area contributed by atoms with Gasteiger partial charge in [0, 0.05) is 17.1 Å². The molecule has 0 bridgehead atoms. The standard InChI is InChI=1S/C24H23ClN4O2/c25-19-6-2-1-5-17(19)14-27-24(31)29-21-12-10-15-13-16(9-11-18(15)21)23(30)28-22-8-4-3-7-20(22)26/h1-9,11,13,21H,10,12,14,26H2,(H,28,30)(H2,27,29,31). The highest BCUT2D eigenvalue weighted by Gasteiger charge is 2.25. The maximum absolute atomic E-state index is 12.6. The van der Waals surface area contributed by atoms with E-state index in [9.17, 15) is 9.59 Å². The molecule has 0 spiro atoms. The van der Waals surface area contributed by atoms with Gasteiger partial charge in [-0.2, -0.15) is 0 Å². The summed E-state index contributed by atoms with van der Waals surface area (Å²) in [4.78, 5) is 25.0. The molecule has 3 aromatic carbocycles. The zero-order valence-electron chi connectivity index (χ0n) is 16.8. The van der Waals surface area contributed by atoms with Gasteiger partial charge in [0.05, 0.1) is 17.4 Å². The number of para-hydroxylation sites is 2. The first-order valence-corrected chi connectivity index (χ1v) is 10.5. The number of nitrogen functional groups attached to an aromatic ring is 1. The highest BCUT2D eigenvalue weighted by molar-refractivity contribution is 6.31. The highest BCUT2D eigenvalue weighted by Crippen LogP contribution is 2.32.